The van der Waals surface area contributed by atoms with Gasteiger partial charge in [0.2, 0.25) is 15.9 Å². The Hall–Kier alpha value is -3.60. The van der Waals surface area contributed by atoms with E-state index in [0.717, 1.165) is 6.26 Å². The van der Waals surface area contributed by atoms with Gasteiger partial charge in [0.1, 0.15) is 5.75 Å². The molecule has 158 valence electrons. The van der Waals surface area contributed by atoms with Crippen molar-refractivity contribution in [1.82, 2.24) is 9.55 Å². The Morgan fingerprint density at radius 1 is 1.17 bits per heavy atom. The Kier molecular flexibility index (Phi) is 5.92. The van der Waals surface area contributed by atoms with Gasteiger partial charge in [0.15, 0.2) is 0 Å². The summed E-state index contributed by atoms with van der Waals surface area (Å²) in [6.07, 6.45) is 0.992. The number of rotatable bonds is 7. The van der Waals surface area contributed by atoms with Gasteiger partial charge < -0.3 is 10.1 Å². The molecule has 0 spiro atoms. The number of anilines is 2. The second-order valence-electron chi connectivity index (χ2n) is 6.52. The fourth-order valence-electron chi connectivity index (χ4n) is 2.95. The van der Waals surface area contributed by atoms with Gasteiger partial charge in [0, 0.05) is 24.7 Å². The molecule has 0 saturated heterocycles. The number of carbonyl (C=O) groups is 1. The SMILES string of the molecule is COc1cc(NC(=O)CCn2c(=O)[nH]c(=O)c3ccccc32)ccc1NS(C)(=O)=O. The number of benzene rings is 2. The number of carbonyl (C=O) groups excluding carboxylic acids is 1. The number of para-hydroxylation sites is 1. The summed E-state index contributed by atoms with van der Waals surface area (Å²) in [6.45, 7) is 0.0623. The summed E-state index contributed by atoms with van der Waals surface area (Å²) in [6, 6.07) is 11.1. The lowest BCUT2D eigenvalue weighted by molar-refractivity contribution is -0.116. The standard InChI is InChI=1S/C19H20N4O6S/c1-29-16-11-12(7-8-14(16)22-30(2,27)28)20-17(24)9-10-23-15-6-4-3-5-13(15)18(25)21-19(23)26/h3-8,11,22H,9-10H2,1-2H3,(H,20,24)(H,21,25,26). The van der Waals surface area contributed by atoms with Crippen molar-refractivity contribution in [1.29, 1.82) is 0 Å². The van der Waals surface area contributed by atoms with Gasteiger partial charge in [-0.25, -0.2) is 13.2 Å². The highest BCUT2D eigenvalue weighted by Crippen LogP contribution is 2.28. The van der Waals surface area contributed by atoms with Crippen molar-refractivity contribution in [2.45, 2.75) is 13.0 Å². The molecule has 3 N–H and O–H groups in total. The molecule has 0 fully saturated rings. The van der Waals surface area contributed by atoms with E-state index in [9.17, 15) is 22.8 Å². The number of aromatic nitrogens is 2. The van der Waals surface area contributed by atoms with Crippen molar-refractivity contribution in [2.24, 2.45) is 0 Å². The zero-order chi connectivity index (χ0) is 21.9. The topological polar surface area (TPSA) is 139 Å². The number of hydrogen-bond donors (Lipinski definition) is 3. The van der Waals surface area contributed by atoms with E-state index < -0.39 is 21.3 Å². The van der Waals surface area contributed by atoms with Gasteiger partial charge in [0.25, 0.3) is 5.56 Å². The Morgan fingerprint density at radius 2 is 1.90 bits per heavy atom. The minimum atomic E-state index is -3.48. The van der Waals surface area contributed by atoms with Crippen molar-refractivity contribution in [3.63, 3.8) is 0 Å². The van der Waals surface area contributed by atoms with E-state index >= 15 is 0 Å². The number of hydrogen-bond acceptors (Lipinski definition) is 6. The van der Waals surface area contributed by atoms with E-state index in [0.29, 0.717) is 16.6 Å². The Balaban J connectivity index is 1.75. The van der Waals surface area contributed by atoms with Crippen LogP contribution in [0.25, 0.3) is 10.9 Å². The lowest BCUT2D eigenvalue weighted by Gasteiger charge is -2.13. The molecular formula is C19H20N4O6S. The number of nitrogens with zero attached hydrogens (tertiary/aromatic N) is 1. The van der Waals surface area contributed by atoms with E-state index in [4.69, 9.17) is 4.74 Å². The summed E-state index contributed by atoms with van der Waals surface area (Å²) >= 11 is 0. The van der Waals surface area contributed by atoms with Gasteiger partial charge in [-0.1, -0.05) is 12.1 Å². The molecule has 0 bridgehead atoms. The van der Waals surface area contributed by atoms with Crippen LogP contribution >= 0.6 is 0 Å². The van der Waals surface area contributed by atoms with Gasteiger partial charge >= 0.3 is 5.69 Å². The number of fused-ring (bicyclic) bond motifs is 1. The average Bonchev–Trinajstić information content (AvgIpc) is 2.68. The van der Waals surface area contributed by atoms with Crippen LogP contribution in [-0.2, 0) is 21.4 Å². The molecular weight excluding hydrogens is 412 g/mol. The number of H-pyrrole nitrogens is 1. The van der Waals surface area contributed by atoms with Gasteiger partial charge in [-0.15, -0.1) is 0 Å². The third kappa shape index (κ3) is 4.87. The van der Waals surface area contributed by atoms with Gasteiger partial charge in [-0.2, -0.15) is 0 Å². The molecule has 3 rings (SSSR count). The second kappa shape index (κ2) is 8.41. The van der Waals surface area contributed by atoms with Gasteiger partial charge in [-0.3, -0.25) is 23.9 Å². The molecule has 0 unspecified atom stereocenters. The van der Waals surface area contributed by atoms with Crippen LogP contribution in [0.2, 0.25) is 0 Å². The van der Waals surface area contributed by atoms with Crippen LogP contribution in [-0.4, -0.2) is 37.2 Å². The monoisotopic (exact) mass is 432 g/mol. The third-order valence-corrected chi connectivity index (χ3v) is 4.84. The number of ether oxygens (including phenoxy) is 1. The first-order valence-corrected chi connectivity index (χ1v) is 10.7. The maximum absolute atomic E-state index is 12.4. The highest BCUT2D eigenvalue weighted by atomic mass is 32.2. The quantitative estimate of drug-likeness (QED) is 0.511. The van der Waals surface area contributed by atoms with E-state index in [-0.39, 0.29) is 30.3 Å². The van der Waals surface area contributed by atoms with Crippen molar-refractivity contribution in [3.8, 4) is 5.75 Å². The predicted molar refractivity (Wildman–Crippen MR) is 114 cm³/mol. The van der Waals surface area contributed by atoms with Crippen LogP contribution in [0, 0.1) is 0 Å². The van der Waals surface area contributed by atoms with Crippen molar-refractivity contribution in [3.05, 3.63) is 63.3 Å². The maximum atomic E-state index is 12.4. The van der Waals surface area contributed by atoms with Crippen LogP contribution in [0.5, 0.6) is 5.75 Å². The fraction of sp³-hybridized carbons (Fsp3) is 0.211. The van der Waals surface area contributed by atoms with Crippen LogP contribution in [0.4, 0.5) is 11.4 Å². The van der Waals surface area contributed by atoms with Crippen LogP contribution in [0.1, 0.15) is 6.42 Å². The number of sulfonamides is 1. The van der Waals surface area contributed by atoms with Crippen LogP contribution in [0.15, 0.2) is 52.1 Å². The molecule has 0 aliphatic rings. The molecule has 0 aliphatic carbocycles. The largest absolute Gasteiger partial charge is 0.494 e. The molecule has 1 amide bonds. The Morgan fingerprint density at radius 3 is 2.60 bits per heavy atom. The minimum absolute atomic E-state index is 0.0262. The van der Waals surface area contributed by atoms with Gasteiger partial charge in [0.05, 0.1) is 30.0 Å². The summed E-state index contributed by atoms with van der Waals surface area (Å²) in [5, 5.41) is 3.03. The first-order chi connectivity index (χ1) is 14.2. The molecule has 11 heteroatoms. The molecule has 1 heterocycles. The Labute approximate surface area is 171 Å². The summed E-state index contributed by atoms with van der Waals surface area (Å²) in [5.41, 5.74) is 0.00585. The number of amides is 1. The number of nitrogens with one attached hydrogen (secondary N) is 3. The number of aromatic amines is 1. The fourth-order valence-corrected chi connectivity index (χ4v) is 3.52. The van der Waals surface area contributed by atoms with Crippen LogP contribution < -0.4 is 26.0 Å². The average molecular weight is 432 g/mol. The minimum Gasteiger partial charge on any atom is -0.494 e. The predicted octanol–water partition coefficient (Wildman–Crippen LogP) is 1.10. The van der Waals surface area contributed by atoms with E-state index in [1.807, 2.05) is 0 Å². The molecule has 10 nitrogen and oxygen atoms in total. The molecule has 0 atom stereocenters. The maximum Gasteiger partial charge on any atom is 0.328 e. The molecule has 0 saturated carbocycles. The molecule has 30 heavy (non-hydrogen) atoms. The summed E-state index contributed by atoms with van der Waals surface area (Å²) in [5.74, 6) is -0.135. The zero-order valence-corrected chi connectivity index (χ0v) is 17.1. The first kappa shape index (κ1) is 21.1. The zero-order valence-electron chi connectivity index (χ0n) is 16.3. The molecule has 0 aliphatic heterocycles. The van der Waals surface area contributed by atoms with E-state index in [2.05, 4.69) is 15.0 Å². The summed E-state index contributed by atoms with van der Waals surface area (Å²) in [4.78, 5) is 38.7. The smallest absolute Gasteiger partial charge is 0.328 e. The highest BCUT2D eigenvalue weighted by Gasteiger charge is 2.12. The molecule has 2 aromatic carbocycles. The first-order valence-electron chi connectivity index (χ1n) is 8.85. The molecule has 0 radical (unpaired) electrons. The molecule has 3 aromatic rings. The molecule has 1 aromatic heterocycles. The van der Waals surface area contributed by atoms with Crippen molar-refractivity contribution in [2.75, 3.05) is 23.4 Å². The van der Waals surface area contributed by atoms with Crippen molar-refractivity contribution >= 4 is 38.2 Å². The van der Waals surface area contributed by atoms with E-state index in [1.165, 1.54) is 29.9 Å². The van der Waals surface area contributed by atoms with Crippen LogP contribution in [0.3, 0.4) is 0 Å². The lowest BCUT2D eigenvalue weighted by Crippen LogP contribution is -2.31. The van der Waals surface area contributed by atoms with E-state index in [1.54, 1.807) is 24.3 Å². The number of methoxy groups -OCH3 is 1. The van der Waals surface area contributed by atoms with Crippen molar-refractivity contribution < 1.29 is 17.9 Å². The summed E-state index contributed by atoms with van der Waals surface area (Å²) < 4.78 is 31.6. The lowest BCUT2D eigenvalue weighted by atomic mass is 10.2. The third-order valence-electron chi connectivity index (χ3n) is 4.25. The summed E-state index contributed by atoms with van der Waals surface area (Å²) in [7, 11) is -2.11. The second-order valence-corrected chi connectivity index (χ2v) is 8.26. The Bertz CT molecular complexity index is 1330. The normalized spacial score (nSPS) is 11.3. The highest BCUT2D eigenvalue weighted by molar-refractivity contribution is 7.92. The number of aryl methyl sites for hydroxylation is 1. The van der Waals surface area contributed by atoms with Gasteiger partial charge in [-0.05, 0) is 24.3 Å².